The molecule has 0 aromatic carbocycles. The second kappa shape index (κ2) is 1.48. The van der Waals surface area contributed by atoms with E-state index >= 15 is 0 Å². The molecule has 0 heterocycles. The molecule has 0 aliphatic heterocycles. The first-order valence-electron chi connectivity index (χ1n) is 4.30. The summed E-state index contributed by atoms with van der Waals surface area (Å²) in [6.07, 6.45) is 7.42. The fourth-order valence-electron chi connectivity index (χ4n) is 2.69. The van der Waals surface area contributed by atoms with E-state index in [1.165, 1.54) is 12.8 Å². The molecule has 10 heavy (non-hydrogen) atoms. The largest absolute Gasteiger partial charge is 0.327 e. The number of hydrogen-bond donors (Lipinski definition) is 1. The number of fused-ring (bicyclic) bond motifs is 1. The van der Waals surface area contributed by atoms with Crippen LogP contribution in [0, 0.1) is 23.7 Å². The van der Waals surface area contributed by atoms with E-state index in [1.807, 2.05) is 0 Å². The van der Waals surface area contributed by atoms with Crippen molar-refractivity contribution >= 4 is 0 Å². The summed E-state index contributed by atoms with van der Waals surface area (Å²) < 4.78 is 0. The second-order valence-electron chi connectivity index (χ2n) is 4.05. The summed E-state index contributed by atoms with van der Waals surface area (Å²) in [7, 11) is 0. The van der Waals surface area contributed by atoms with Crippen LogP contribution in [0.15, 0.2) is 12.2 Å². The molecule has 0 spiro atoms. The van der Waals surface area contributed by atoms with Gasteiger partial charge in [0.05, 0.1) is 0 Å². The van der Waals surface area contributed by atoms with Gasteiger partial charge in [-0.3, -0.25) is 0 Å². The van der Waals surface area contributed by atoms with Crippen molar-refractivity contribution in [2.45, 2.75) is 18.9 Å². The number of allylic oxidation sites excluding steroid dienone is 2. The van der Waals surface area contributed by atoms with Crippen molar-refractivity contribution in [3.8, 4) is 0 Å². The molecule has 0 radical (unpaired) electrons. The lowest BCUT2D eigenvalue weighted by Crippen LogP contribution is -2.26. The minimum absolute atomic E-state index is 0.596. The fourth-order valence-corrected chi connectivity index (χ4v) is 2.69. The van der Waals surface area contributed by atoms with E-state index in [2.05, 4.69) is 12.2 Å². The molecule has 0 aromatic heterocycles. The van der Waals surface area contributed by atoms with Gasteiger partial charge in [0, 0.05) is 6.04 Å². The van der Waals surface area contributed by atoms with Gasteiger partial charge in [-0.15, -0.1) is 0 Å². The van der Waals surface area contributed by atoms with Crippen LogP contribution in [0.3, 0.4) is 0 Å². The zero-order chi connectivity index (χ0) is 6.72. The normalized spacial score (nSPS) is 62.3. The molecule has 3 aliphatic rings. The van der Waals surface area contributed by atoms with Crippen LogP contribution >= 0.6 is 0 Å². The van der Waals surface area contributed by atoms with Crippen molar-refractivity contribution in [1.29, 1.82) is 0 Å². The van der Waals surface area contributed by atoms with Crippen LogP contribution in [-0.2, 0) is 0 Å². The Hall–Kier alpha value is -0.300. The van der Waals surface area contributed by atoms with Gasteiger partial charge in [0.1, 0.15) is 0 Å². The molecule has 5 atom stereocenters. The summed E-state index contributed by atoms with van der Waals surface area (Å²) in [5.41, 5.74) is 5.85. The molecule has 3 rings (SSSR count). The zero-order valence-electron chi connectivity index (χ0n) is 6.03. The summed E-state index contributed by atoms with van der Waals surface area (Å²) >= 11 is 0. The van der Waals surface area contributed by atoms with Crippen molar-refractivity contribution in [2.24, 2.45) is 29.4 Å². The van der Waals surface area contributed by atoms with Gasteiger partial charge in [-0.25, -0.2) is 0 Å². The van der Waals surface area contributed by atoms with E-state index in [1.54, 1.807) is 0 Å². The molecule has 2 fully saturated rings. The summed E-state index contributed by atoms with van der Waals surface area (Å²) in [6, 6.07) is 0.596. The Kier molecular flexibility index (Phi) is 0.791. The Morgan fingerprint density at radius 3 is 2.40 bits per heavy atom. The average Bonchev–Trinajstić information content (AvgIpc) is 2.21. The molecule has 2 saturated carbocycles. The molecule has 0 amide bonds. The number of hydrogen-bond acceptors (Lipinski definition) is 1. The van der Waals surface area contributed by atoms with Gasteiger partial charge >= 0.3 is 0 Å². The van der Waals surface area contributed by atoms with E-state index in [9.17, 15) is 0 Å². The van der Waals surface area contributed by atoms with E-state index in [-0.39, 0.29) is 0 Å². The van der Waals surface area contributed by atoms with Crippen molar-refractivity contribution in [3.05, 3.63) is 12.2 Å². The van der Waals surface area contributed by atoms with Crippen LogP contribution in [0.4, 0.5) is 0 Å². The van der Waals surface area contributed by atoms with Gasteiger partial charge in [-0.2, -0.15) is 0 Å². The maximum Gasteiger partial charge on any atom is 0.0105 e. The van der Waals surface area contributed by atoms with Crippen molar-refractivity contribution < 1.29 is 0 Å². The predicted molar refractivity (Wildman–Crippen MR) is 40.3 cm³/mol. The summed E-state index contributed by atoms with van der Waals surface area (Å²) in [6.45, 7) is 0. The molecule has 0 bridgehead atoms. The minimum Gasteiger partial charge on any atom is -0.327 e. The van der Waals surface area contributed by atoms with E-state index in [0.29, 0.717) is 6.04 Å². The van der Waals surface area contributed by atoms with Gasteiger partial charge in [0.2, 0.25) is 0 Å². The number of rotatable bonds is 1. The molecule has 1 heteroatoms. The van der Waals surface area contributed by atoms with Gasteiger partial charge < -0.3 is 5.73 Å². The van der Waals surface area contributed by atoms with Crippen LogP contribution in [0.1, 0.15) is 12.8 Å². The Morgan fingerprint density at radius 1 is 1.30 bits per heavy atom. The molecule has 54 valence electrons. The third kappa shape index (κ3) is 0.450. The second-order valence-corrected chi connectivity index (χ2v) is 4.05. The Labute approximate surface area is 61.3 Å². The van der Waals surface area contributed by atoms with Crippen LogP contribution in [0.5, 0.6) is 0 Å². The number of nitrogens with two attached hydrogens (primary N) is 1. The van der Waals surface area contributed by atoms with Gasteiger partial charge in [-0.05, 0) is 36.5 Å². The van der Waals surface area contributed by atoms with E-state index in [4.69, 9.17) is 5.73 Å². The molecule has 2 N–H and O–H groups in total. The summed E-state index contributed by atoms with van der Waals surface area (Å²) in [5, 5.41) is 0. The molecular formula is C9H13N. The smallest absolute Gasteiger partial charge is 0.0105 e. The molecule has 0 saturated heterocycles. The highest BCUT2D eigenvalue weighted by atomic mass is 14.9. The first kappa shape index (κ1) is 5.36. The quantitative estimate of drug-likeness (QED) is 0.536. The molecule has 0 aromatic rings. The molecule has 5 unspecified atom stereocenters. The average molecular weight is 135 g/mol. The Morgan fingerprint density at radius 2 is 2.10 bits per heavy atom. The maximum absolute atomic E-state index is 5.85. The monoisotopic (exact) mass is 135 g/mol. The highest BCUT2D eigenvalue weighted by Gasteiger charge is 2.62. The lowest BCUT2D eigenvalue weighted by Gasteiger charge is -2.34. The molecule has 3 aliphatic carbocycles. The SMILES string of the molecule is NC1C2CC(C3C=CC3)C12. The van der Waals surface area contributed by atoms with Crippen molar-refractivity contribution in [1.82, 2.24) is 0 Å². The van der Waals surface area contributed by atoms with Crippen LogP contribution < -0.4 is 5.73 Å². The standard InChI is InChI=1S/C9H13N/c10-9-7-4-6(8(7)9)5-2-1-3-5/h1-2,5-9H,3-4,10H2. The first-order chi connectivity index (χ1) is 4.88. The fraction of sp³-hybridized carbons (Fsp3) is 0.778. The van der Waals surface area contributed by atoms with E-state index in [0.717, 1.165) is 23.7 Å². The highest BCUT2D eigenvalue weighted by Crippen LogP contribution is 2.62. The zero-order valence-corrected chi connectivity index (χ0v) is 6.03. The van der Waals surface area contributed by atoms with Gasteiger partial charge in [-0.1, -0.05) is 12.2 Å². The summed E-state index contributed by atoms with van der Waals surface area (Å²) in [5.74, 6) is 3.80. The van der Waals surface area contributed by atoms with Crippen molar-refractivity contribution in [2.75, 3.05) is 0 Å². The summed E-state index contributed by atoms with van der Waals surface area (Å²) in [4.78, 5) is 0. The topological polar surface area (TPSA) is 26.0 Å². The lowest BCUT2D eigenvalue weighted by molar-refractivity contribution is 0.209. The van der Waals surface area contributed by atoms with Crippen LogP contribution in [0.2, 0.25) is 0 Å². The first-order valence-corrected chi connectivity index (χ1v) is 4.30. The van der Waals surface area contributed by atoms with Gasteiger partial charge in [0.15, 0.2) is 0 Å². The lowest BCUT2D eigenvalue weighted by atomic mass is 9.71. The maximum atomic E-state index is 5.85. The third-order valence-corrected chi connectivity index (χ3v) is 3.67. The molecule has 1 nitrogen and oxygen atoms in total. The van der Waals surface area contributed by atoms with Crippen LogP contribution in [0.25, 0.3) is 0 Å². The van der Waals surface area contributed by atoms with Crippen molar-refractivity contribution in [3.63, 3.8) is 0 Å². The molecular weight excluding hydrogens is 122 g/mol. The Balaban J connectivity index is 1.71. The minimum atomic E-state index is 0.596. The van der Waals surface area contributed by atoms with Gasteiger partial charge in [0.25, 0.3) is 0 Å². The predicted octanol–water partition coefficient (Wildman–Crippen LogP) is 1.16. The van der Waals surface area contributed by atoms with E-state index < -0.39 is 0 Å². The van der Waals surface area contributed by atoms with Crippen LogP contribution in [-0.4, -0.2) is 6.04 Å². The highest BCUT2D eigenvalue weighted by molar-refractivity contribution is 5.19. The third-order valence-electron chi connectivity index (χ3n) is 3.67. The Bertz CT molecular complexity index is 193.